The molecule has 0 spiro atoms. The van der Waals surface area contributed by atoms with Crippen LogP contribution in [0.4, 0.5) is 0 Å². The number of fused-ring (bicyclic) bond motifs is 3. The summed E-state index contributed by atoms with van der Waals surface area (Å²) in [5, 5.41) is 0.833. The van der Waals surface area contributed by atoms with E-state index in [1.165, 1.54) is 0 Å². The zero-order valence-electron chi connectivity index (χ0n) is 18.9. The van der Waals surface area contributed by atoms with Gasteiger partial charge in [0.1, 0.15) is 18.3 Å². The van der Waals surface area contributed by atoms with Crippen LogP contribution in [0.2, 0.25) is 0 Å². The first-order valence-electron chi connectivity index (χ1n) is 10.9. The van der Waals surface area contributed by atoms with Gasteiger partial charge < -0.3 is 9.23 Å². The molecule has 0 aliphatic carbocycles. The summed E-state index contributed by atoms with van der Waals surface area (Å²) < 4.78 is 32.7. The molecule has 2 aromatic heterocycles. The normalized spacial score (nSPS) is 15.6. The van der Waals surface area contributed by atoms with Gasteiger partial charge in [0.05, 0.1) is 0 Å². The van der Waals surface area contributed by atoms with Crippen molar-refractivity contribution >= 4 is 34.6 Å². The Morgan fingerprint density at radius 3 is 2.61 bits per heavy atom. The van der Waals surface area contributed by atoms with E-state index >= 15 is 0 Å². The van der Waals surface area contributed by atoms with Gasteiger partial charge in [0, 0.05) is 27.2 Å². The molecular formula is C24H22BN2O+. The minimum atomic E-state index is -2.24. The Bertz CT molecular complexity index is 1310. The summed E-state index contributed by atoms with van der Waals surface area (Å²) in [4.78, 5) is 1.94. The number of aryl methyl sites for hydroxylation is 1. The van der Waals surface area contributed by atoms with Crippen LogP contribution in [0.3, 0.4) is 0 Å². The summed E-state index contributed by atoms with van der Waals surface area (Å²) >= 11 is 0. The quantitative estimate of drug-likeness (QED) is 0.400. The molecule has 0 saturated carbocycles. The Labute approximate surface area is 169 Å². The summed E-state index contributed by atoms with van der Waals surface area (Å²) in [6, 6.07) is 22.1. The molecule has 0 saturated heterocycles. The molecule has 3 nitrogen and oxygen atoms in total. The number of pyridine rings is 1. The number of hydrogen-bond acceptors (Lipinski definition) is 2. The van der Waals surface area contributed by atoms with E-state index in [4.69, 9.17) is 8.53 Å². The van der Waals surface area contributed by atoms with E-state index < -0.39 is 6.85 Å². The molecule has 1 aliphatic rings. The number of nitrogens with zero attached hydrogens (tertiary/aromatic N) is 2. The van der Waals surface area contributed by atoms with Crippen LogP contribution in [0.25, 0.3) is 27.7 Å². The molecule has 0 unspecified atom stereocenters. The van der Waals surface area contributed by atoms with Crippen LogP contribution in [0, 0.1) is 0 Å². The van der Waals surface area contributed by atoms with Gasteiger partial charge in [0.25, 0.3) is 0 Å². The number of benzene rings is 2. The Kier molecular flexibility index (Phi) is 3.17. The van der Waals surface area contributed by atoms with Gasteiger partial charge in [-0.25, -0.2) is 4.57 Å². The minimum Gasteiger partial charge on any atom is -0.467 e. The molecular weight excluding hydrogens is 343 g/mol. The highest BCUT2D eigenvalue weighted by molar-refractivity contribution is 6.82. The molecule has 1 aliphatic heterocycles. The van der Waals surface area contributed by atoms with E-state index in [1.807, 2.05) is 67.6 Å². The van der Waals surface area contributed by atoms with Crippen molar-refractivity contribution in [2.45, 2.75) is 6.85 Å². The number of rotatable bonds is 2. The maximum absolute atomic E-state index is 8.11. The van der Waals surface area contributed by atoms with Gasteiger partial charge in [0.15, 0.2) is 11.8 Å². The van der Waals surface area contributed by atoms with Gasteiger partial charge in [-0.15, -0.1) is 0 Å². The van der Waals surface area contributed by atoms with Crippen molar-refractivity contribution in [3.63, 3.8) is 0 Å². The third-order valence-electron chi connectivity index (χ3n) is 5.46. The van der Waals surface area contributed by atoms with Crippen molar-refractivity contribution in [2.75, 3.05) is 7.05 Å². The highest BCUT2D eigenvalue weighted by atomic mass is 16.3. The Morgan fingerprint density at radius 2 is 1.79 bits per heavy atom. The lowest BCUT2D eigenvalue weighted by molar-refractivity contribution is -0.654. The molecule has 0 radical (unpaired) electrons. The first kappa shape index (κ1) is 13.8. The number of aromatic nitrogens is 1. The van der Waals surface area contributed by atoms with Crippen molar-refractivity contribution < 1.29 is 13.1 Å². The fraction of sp³-hybridized carbons (Fsp3) is 0.125. The highest BCUT2D eigenvalue weighted by Gasteiger charge is 2.41. The van der Waals surface area contributed by atoms with Crippen molar-refractivity contribution in [1.82, 2.24) is 4.81 Å². The average Bonchev–Trinajstić information content (AvgIpc) is 3.13. The smallest absolute Gasteiger partial charge is 0.443 e. The second kappa shape index (κ2) is 6.41. The van der Waals surface area contributed by atoms with Crippen LogP contribution < -0.4 is 15.8 Å². The molecule has 0 fully saturated rings. The summed E-state index contributed by atoms with van der Waals surface area (Å²) in [5.74, 6) is 0. The Morgan fingerprint density at radius 1 is 1.00 bits per heavy atom. The van der Waals surface area contributed by atoms with E-state index in [9.17, 15) is 0 Å². The maximum atomic E-state index is 8.11. The second-order valence-electron chi connectivity index (χ2n) is 7.27. The second-order valence-corrected chi connectivity index (χ2v) is 7.27. The van der Waals surface area contributed by atoms with E-state index in [0.29, 0.717) is 22.4 Å². The van der Waals surface area contributed by atoms with Crippen LogP contribution in [0.5, 0.6) is 0 Å². The largest absolute Gasteiger partial charge is 0.467 e. The van der Waals surface area contributed by atoms with Gasteiger partial charge in [-0.2, -0.15) is 0 Å². The molecule has 28 heavy (non-hydrogen) atoms. The van der Waals surface area contributed by atoms with Gasteiger partial charge >= 0.3 is 6.85 Å². The molecule has 4 heteroatoms. The monoisotopic (exact) mass is 368 g/mol. The Hall–Kier alpha value is -3.27. The molecule has 0 bridgehead atoms. The molecule has 0 N–H and O–H groups in total. The maximum Gasteiger partial charge on any atom is 0.443 e. The van der Waals surface area contributed by atoms with Crippen LogP contribution in [0.1, 0.15) is 16.5 Å². The molecule has 136 valence electrons. The van der Waals surface area contributed by atoms with Gasteiger partial charge in [-0.05, 0) is 42.9 Å². The number of furan rings is 1. The van der Waals surface area contributed by atoms with E-state index in [-0.39, 0.29) is 6.85 Å². The molecule has 3 heterocycles. The van der Waals surface area contributed by atoms with Crippen molar-refractivity contribution in [2.24, 2.45) is 7.05 Å². The van der Waals surface area contributed by atoms with Crippen LogP contribution in [-0.4, -0.2) is 18.7 Å². The predicted octanol–water partition coefficient (Wildman–Crippen LogP) is 3.34. The molecule has 4 aromatic rings. The zero-order chi connectivity index (χ0) is 21.8. The first-order chi connectivity index (χ1) is 14.8. The predicted molar refractivity (Wildman–Crippen MR) is 116 cm³/mol. The van der Waals surface area contributed by atoms with E-state index in [0.717, 1.165) is 22.1 Å². The highest BCUT2D eigenvalue weighted by Crippen LogP contribution is 2.29. The average molecular weight is 368 g/mol. The topological polar surface area (TPSA) is 20.3 Å². The van der Waals surface area contributed by atoms with Crippen molar-refractivity contribution in [1.29, 1.82) is 0 Å². The SMILES string of the molecule is [2H]C([2H])([2H])C1=CN(C)B(c2cc(-c3ccccc3)cc[n+]2C)c2oc3ccccc3c21. The lowest BCUT2D eigenvalue weighted by atomic mass is 9.51. The van der Waals surface area contributed by atoms with Crippen molar-refractivity contribution in [3.05, 3.63) is 84.7 Å². The Balaban J connectivity index is 1.75. The summed E-state index contributed by atoms with van der Waals surface area (Å²) in [5.41, 5.74) is 5.61. The van der Waals surface area contributed by atoms with E-state index in [1.54, 1.807) is 6.20 Å². The van der Waals surface area contributed by atoms with Crippen LogP contribution in [0.15, 0.2) is 83.5 Å². The fourth-order valence-corrected chi connectivity index (χ4v) is 4.07. The summed E-state index contributed by atoms with van der Waals surface area (Å²) in [7, 11) is 3.91. The third kappa shape index (κ3) is 2.56. The molecule has 5 rings (SSSR count). The zero-order valence-corrected chi connectivity index (χ0v) is 15.9. The summed E-state index contributed by atoms with van der Waals surface area (Å²) in [6.07, 6.45) is 3.79. The number of para-hydroxylation sites is 1. The van der Waals surface area contributed by atoms with E-state index in [2.05, 4.69) is 28.8 Å². The lowest BCUT2D eigenvalue weighted by Crippen LogP contribution is -2.65. The molecule has 0 atom stereocenters. The number of hydrogen-bond donors (Lipinski definition) is 0. The molecule has 2 aromatic carbocycles. The minimum absolute atomic E-state index is 0.248. The third-order valence-corrected chi connectivity index (χ3v) is 5.46. The van der Waals surface area contributed by atoms with Gasteiger partial charge in [-0.3, -0.25) is 0 Å². The van der Waals surface area contributed by atoms with Crippen LogP contribution >= 0.6 is 0 Å². The standard InChI is InChI=1S/C24H22BN2O/c1-17-16-27(3)25(24-23(17)20-11-7-8-12-21(20)28-24)22-15-19(13-14-26(22)2)18-9-5-4-6-10-18/h4-16H,1-3H3/q+1/i1D3. The van der Waals surface area contributed by atoms with Crippen molar-refractivity contribution in [3.8, 4) is 11.1 Å². The number of allylic oxidation sites excluding steroid dienone is 1. The lowest BCUT2D eigenvalue weighted by Gasteiger charge is -2.26. The first-order valence-corrected chi connectivity index (χ1v) is 9.35. The van der Waals surface area contributed by atoms with Gasteiger partial charge in [0.2, 0.25) is 0 Å². The van der Waals surface area contributed by atoms with Gasteiger partial charge in [-0.1, -0.05) is 48.5 Å². The molecule has 0 amide bonds. The van der Waals surface area contributed by atoms with Crippen LogP contribution in [-0.2, 0) is 7.05 Å². The summed E-state index contributed by atoms with van der Waals surface area (Å²) in [6.45, 7) is -2.49. The fourth-order valence-electron chi connectivity index (χ4n) is 4.07.